The molecule has 0 atom stereocenters. The van der Waals surface area contributed by atoms with Crippen LogP contribution in [0.3, 0.4) is 0 Å². The highest BCUT2D eigenvalue weighted by molar-refractivity contribution is 6.50. The SMILES string of the molecule is C=C/C=C(\C=C)N(c1ccc(N/N=C2/C=CC=CC2=N)cc1)c1ccc(-c2ccc(N(C3=CCCC=C3)c3ccc(-c4ccc(-c5ccccc5)cc4)cc3)cc2)cc1. The van der Waals surface area contributed by atoms with Crippen molar-refractivity contribution in [3.05, 3.63) is 237 Å². The molecule has 0 aliphatic heterocycles. The Labute approximate surface area is 347 Å². The third-order valence-electron chi connectivity index (χ3n) is 10.4. The largest absolute Gasteiger partial charge is 0.311 e. The molecule has 5 heteroatoms. The third kappa shape index (κ3) is 8.80. The maximum absolute atomic E-state index is 8.08. The highest BCUT2D eigenvalue weighted by Gasteiger charge is 2.17. The Bertz CT molecular complexity index is 2620. The normalized spacial score (nSPS) is 14.2. The minimum Gasteiger partial charge on any atom is -0.311 e. The molecule has 6 aromatic carbocycles. The van der Waals surface area contributed by atoms with Gasteiger partial charge in [0.1, 0.15) is 5.71 Å². The van der Waals surface area contributed by atoms with Crippen LogP contribution >= 0.6 is 0 Å². The van der Waals surface area contributed by atoms with E-state index in [0.29, 0.717) is 11.4 Å². The molecule has 0 spiro atoms. The fourth-order valence-corrected chi connectivity index (χ4v) is 7.29. The molecule has 2 aliphatic rings. The molecule has 0 aromatic heterocycles. The summed E-state index contributed by atoms with van der Waals surface area (Å²) in [7, 11) is 0. The summed E-state index contributed by atoms with van der Waals surface area (Å²) in [5.74, 6) is 0. The van der Waals surface area contributed by atoms with Crippen molar-refractivity contribution in [1.82, 2.24) is 0 Å². The standard InChI is InChI=1S/C54H45N5/c1-3-13-47(4-2)58(52-38-30-46(31-39-52)56-57-54-19-12-11-18-53(54)55)49-32-24-44(25-33-49)45-28-36-51(37-29-45)59(48-16-9-6-10-17-48)50-34-26-43(27-35-50)42-22-20-41(21-23-42)40-14-7-5-8-15-40/h3-5,7-9,11-39,55-56H,1-2,6,10H2/b47-13+,55-53?,57-54-. The average Bonchev–Trinajstić information content (AvgIpc) is 3.30. The van der Waals surface area contributed by atoms with Gasteiger partial charge in [0.05, 0.1) is 11.4 Å². The maximum Gasteiger partial charge on any atom is 0.108 e. The summed E-state index contributed by atoms with van der Waals surface area (Å²) in [5.41, 5.74) is 18.2. The van der Waals surface area contributed by atoms with Crippen molar-refractivity contribution in [2.24, 2.45) is 5.10 Å². The van der Waals surface area contributed by atoms with E-state index in [0.717, 1.165) is 58.1 Å². The Morgan fingerprint density at radius 2 is 1.05 bits per heavy atom. The number of hydrazone groups is 1. The van der Waals surface area contributed by atoms with E-state index in [4.69, 9.17) is 5.41 Å². The fraction of sp³-hybridized carbons (Fsp3) is 0.0370. The molecule has 0 saturated heterocycles. The van der Waals surface area contributed by atoms with Crippen molar-refractivity contribution in [3.8, 4) is 33.4 Å². The molecule has 6 aromatic rings. The zero-order chi connectivity index (χ0) is 40.4. The van der Waals surface area contributed by atoms with Crippen molar-refractivity contribution >= 4 is 39.9 Å². The monoisotopic (exact) mass is 763 g/mol. The van der Waals surface area contributed by atoms with Crippen LogP contribution in [-0.2, 0) is 0 Å². The first-order valence-corrected chi connectivity index (χ1v) is 19.8. The van der Waals surface area contributed by atoms with E-state index < -0.39 is 0 Å². The number of hydrogen-bond acceptors (Lipinski definition) is 5. The zero-order valence-electron chi connectivity index (χ0n) is 32.9. The second-order valence-electron chi connectivity index (χ2n) is 14.2. The van der Waals surface area contributed by atoms with Crippen LogP contribution in [0.2, 0.25) is 0 Å². The van der Waals surface area contributed by atoms with Gasteiger partial charge in [0, 0.05) is 34.1 Å². The first-order valence-electron chi connectivity index (χ1n) is 19.8. The number of rotatable bonds is 13. The smallest absolute Gasteiger partial charge is 0.108 e. The Balaban J connectivity index is 1.02. The molecular weight excluding hydrogens is 719 g/mol. The summed E-state index contributed by atoms with van der Waals surface area (Å²) >= 11 is 0. The summed E-state index contributed by atoms with van der Waals surface area (Å²) in [6.07, 6.45) is 21.7. The van der Waals surface area contributed by atoms with Crippen LogP contribution in [0.5, 0.6) is 0 Å². The molecule has 5 nitrogen and oxygen atoms in total. The van der Waals surface area contributed by atoms with Crippen molar-refractivity contribution in [2.75, 3.05) is 15.2 Å². The van der Waals surface area contributed by atoms with Gasteiger partial charge in [-0.15, -0.1) is 0 Å². The third-order valence-corrected chi connectivity index (χ3v) is 10.4. The van der Waals surface area contributed by atoms with Gasteiger partial charge in [-0.05, 0) is 137 Å². The summed E-state index contributed by atoms with van der Waals surface area (Å²) in [6.45, 7) is 8.04. The average molecular weight is 764 g/mol. The van der Waals surface area contributed by atoms with Crippen LogP contribution in [0.15, 0.2) is 242 Å². The lowest BCUT2D eigenvalue weighted by Crippen LogP contribution is -2.16. The number of nitrogens with one attached hydrogen (secondary N) is 2. The molecule has 0 heterocycles. The van der Waals surface area contributed by atoms with Gasteiger partial charge in [-0.2, -0.15) is 5.10 Å². The maximum atomic E-state index is 8.08. The second kappa shape index (κ2) is 18.0. The summed E-state index contributed by atoms with van der Waals surface area (Å²) < 4.78 is 0. The lowest BCUT2D eigenvalue weighted by molar-refractivity contribution is 0.997. The molecule has 0 unspecified atom stereocenters. The molecule has 0 amide bonds. The van der Waals surface area contributed by atoms with E-state index in [9.17, 15) is 0 Å². The van der Waals surface area contributed by atoms with Crippen molar-refractivity contribution in [2.45, 2.75) is 12.8 Å². The first-order chi connectivity index (χ1) is 29.1. The number of anilines is 5. The van der Waals surface area contributed by atoms with Gasteiger partial charge in [-0.25, -0.2) is 0 Å². The van der Waals surface area contributed by atoms with Crippen LogP contribution < -0.4 is 15.2 Å². The molecule has 2 aliphatic carbocycles. The predicted molar refractivity (Wildman–Crippen MR) is 252 cm³/mol. The van der Waals surface area contributed by atoms with Crippen molar-refractivity contribution < 1.29 is 0 Å². The van der Waals surface area contributed by atoms with Crippen LogP contribution in [0.1, 0.15) is 12.8 Å². The second-order valence-corrected chi connectivity index (χ2v) is 14.2. The van der Waals surface area contributed by atoms with Gasteiger partial charge < -0.3 is 9.80 Å². The molecular formula is C54H45N5. The summed E-state index contributed by atoms with van der Waals surface area (Å²) in [6, 6.07) is 53.6. The molecule has 0 saturated carbocycles. The van der Waals surface area contributed by atoms with E-state index >= 15 is 0 Å². The number of allylic oxidation sites excluding steroid dienone is 10. The first kappa shape index (κ1) is 38.1. The summed E-state index contributed by atoms with van der Waals surface area (Å²) in [4.78, 5) is 4.49. The lowest BCUT2D eigenvalue weighted by atomic mass is 10.00. The predicted octanol–water partition coefficient (Wildman–Crippen LogP) is 14.4. The van der Waals surface area contributed by atoms with Gasteiger partial charge >= 0.3 is 0 Å². The minimum absolute atomic E-state index is 0.368. The van der Waals surface area contributed by atoms with E-state index in [1.807, 2.05) is 54.6 Å². The Morgan fingerprint density at radius 1 is 0.559 bits per heavy atom. The van der Waals surface area contributed by atoms with Crippen LogP contribution in [0.25, 0.3) is 33.4 Å². The molecule has 0 fully saturated rings. The number of benzene rings is 6. The van der Waals surface area contributed by atoms with E-state index in [1.165, 1.54) is 28.0 Å². The molecule has 8 rings (SSSR count). The lowest BCUT2D eigenvalue weighted by Gasteiger charge is -2.28. The molecule has 286 valence electrons. The number of nitrogens with zero attached hydrogens (tertiary/aromatic N) is 3. The van der Waals surface area contributed by atoms with E-state index in [1.54, 1.807) is 12.2 Å². The van der Waals surface area contributed by atoms with Gasteiger partial charge in [-0.3, -0.25) is 10.8 Å². The quantitative estimate of drug-likeness (QED) is 0.0700. The van der Waals surface area contributed by atoms with Crippen LogP contribution in [0, 0.1) is 5.41 Å². The minimum atomic E-state index is 0.368. The van der Waals surface area contributed by atoms with Crippen LogP contribution in [0.4, 0.5) is 28.4 Å². The van der Waals surface area contributed by atoms with Crippen molar-refractivity contribution in [1.29, 1.82) is 5.41 Å². The van der Waals surface area contributed by atoms with E-state index in [2.05, 4.69) is 179 Å². The molecule has 0 radical (unpaired) electrons. The van der Waals surface area contributed by atoms with Crippen molar-refractivity contribution in [3.63, 3.8) is 0 Å². The molecule has 0 bridgehead atoms. The highest BCUT2D eigenvalue weighted by Crippen LogP contribution is 2.37. The Hall–Kier alpha value is -7.76. The van der Waals surface area contributed by atoms with Gasteiger partial charge in [0.15, 0.2) is 0 Å². The van der Waals surface area contributed by atoms with Gasteiger partial charge in [0.25, 0.3) is 0 Å². The Morgan fingerprint density at radius 3 is 1.54 bits per heavy atom. The molecule has 2 N–H and O–H groups in total. The summed E-state index contributed by atoms with van der Waals surface area (Å²) in [5, 5.41) is 12.5. The Kier molecular flexibility index (Phi) is 11.6. The molecule has 59 heavy (non-hydrogen) atoms. The highest BCUT2D eigenvalue weighted by atomic mass is 15.3. The number of hydrogen-bond donors (Lipinski definition) is 2. The zero-order valence-corrected chi connectivity index (χ0v) is 32.9. The topological polar surface area (TPSA) is 54.7 Å². The van der Waals surface area contributed by atoms with Crippen LogP contribution in [-0.4, -0.2) is 11.4 Å². The van der Waals surface area contributed by atoms with Gasteiger partial charge in [0.2, 0.25) is 0 Å². The van der Waals surface area contributed by atoms with Gasteiger partial charge in [-0.1, -0.05) is 135 Å². The fourth-order valence-electron chi connectivity index (χ4n) is 7.29. The van der Waals surface area contributed by atoms with E-state index in [-0.39, 0.29) is 0 Å².